The van der Waals surface area contributed by atoms with Crippen LogP contribution < -0.4 is 14.8 Å². The number of nitrogens with zero attached hydrogens (tertiary/aromatic N) is 1. The zero-order chi connectivity index (χ0) is 18.6. The summed E-state index contributed by atoms with van der Waals surface area (Å²) in [4.78, 5) is 14.8. The standard InChI is InChI=1S/C21H23BrN2O3/c22-16-4-1-5-17(13-16)23-21(25)14-24-9-2-6-18(24)15-7-8-19-20(12-15)27-11-3-10-26-19/h1,4-5,7-8,12-13,18H,2-3,6,9-11,14H2,(H,23,25)/t18-/m1/s1. The molecule has 1 atom stereocenters. The van der Waals surface area contributed by atoms with E-state index in [2.05, 4.69) is 38.3 Å². The second-order valence-electron chi connectivity index (χ2n) is 6.94. The van der Waals surface area contributed by atoms with Gasteiger partial charge in [0, 0.05) is 22.6 Å². The van der Waals surface area contributed by atoms with Gasteiger partial charge in [-0.15, -0.1) is 0 Å². The van der Waals surface area contributed by atoms with Crippen molar-refractivity contribution < 1.29 is 14.3 Å². The monoisotopic (exact) mass is 430 g/mol. The Bertz CT molecular complexity index is 827. The number of hydrogen-bond acceptors (Lipinski definition) is 4. The predicted octanol–water partition coefficient (Wildman–Crippen LogP) is 4.39. The SMILES string of the molecule is O=C(CN1CCC[C@@H]1c1ccc2c(c1)OCCCO2)Nc1cccc(Br)c1. The fraction of sp³-hybridized carbons (Fsp3) is 0.381. The van der Waals surface area contributed by atoms with E-state index in [1.54, 1.807) is 0 Å². The van der Waals surface area contributed by atoms with E-state index in [-0.39, 0.29) is 11.9 Å². The van der Waals surface area contributed by atoms with Crippen LogP contribution in [0, 0.1) is 0 Å². The minimum absolute atomic E-state index is 0.00865. The fourth-order valence-corrected chi connectivity index (χ4v) is 4.13. The number of carbonyl (C=O) groups is 1. The quantitative estimate of drug-likeness (QED) is 0.781. The molecule has 2 heterocycles. The minimum atomic E-state index is 0.00865. The average Bonchev–Trinajstić information content (AvgIpc) is 2.97. The Morgan fingerprint density at radius 1 is 1.11 bits per heavy atom. The summed E-state index contributed by atoms with van der Waals surface area (Å²) in [5.74, 6) is 1.64. The van der Waals surface area contributed by atoms with Gasteiger partial charge in [-0.25, -0.2) is 0 Å². The molecule has 0 bridgehead atoms. The van der Waals surface area contributed by atoms with Gasteiger partial charge < -0.3 is 14.8 Å². The zero-order valence-electron chi connectivity index (χ0n) is 15.1. The third-order valence-corrected chi connectivity index (χ3v) is 5.47. The van der Waals surface area contributed by atoms with E-state index in [1.807, 2.05) is 30.3 Å². The van der Waals surface area contributed by atoms with Crippen LogP contribution in [0.3, 0.4) is 0 Å². The van der Waals surface area contributed by atoms with E-state index in [1.165, 1.54) is 5.56 Å². The summed E-state index contributed by atoms with van der Waals surface area (Å²) in [5.41, 5.74) is 1.99. The number of fused-ring (bicyclic) bond motifs is 1. The van der Waals surface area contributed by atoms with E-state index in [0.29, 0.717) is 19.8 Å². The summed E-state index contributed by atoms with van der Waals surface area (Å²) in [6.07, 6.45) is 3.03. The summed E-state index contributed by atoms with van der Waals surface area (Å²) < 4.78 is 12.5. The van der Waals surface area contributed by atoms with E-state index < -0.39 is 0 Å². The van der Waals surface area contributed by atoms with Crippen molar-refractivity contribution in [1.82, 2.24) is 4.90 Å². The first-order valence-electron chi connectivity index (χ1n) is 9.38. The summed E-state index contributed by atoms with van der Waals surface area (Å²) in [6.45, 7) is 2.67. The van der Waals surface area contributed by atoms with Gasteiger partial charge in [0.25, 0.3) is 0 Å². The van der Waals surface area contributed by atoms with Gasteiger partial charge in [-0.05, 0) is 55.3 Å². The molecule has 2 aliphatic heterocycles. The van der Waals surface area contributed by atoms with Crippen molar-refractivity contribution in [2.24, 2.45) is 0 Å². The lowest BCUT2D eigenvalue weighted by Gasteiger charge is -2.25. The molecular weight excluding hydrogens is 408 g/mol. The molecule has 0 saturated carbocycles. The third-order valence-electron chi connectivity index (χ3n) is 4.98. The van der Waals surface area contributed by atoms with E-state index in [9.17, 15) is 4.79 Å². The van der Waals surface area contributed by atoms with Crippen LogP contribution >= 0.6 is 15.9 Å². The van der Waals surface area contributed by atoms with Crippen LogP contribution in [-0.2, 0) is 4.79 Å². The average molecular weight is 431 g/mol. The number of likely N-dealkylation sites (tertiary alicyclic amines) is 1. The molecule has 2 aliphatic rings. The third kappa shape index (κ3) is 4.45. The van der Waals surface area contributed by atoms with Crippen LogP contribution in [0.15, 0.2) is 46.9 Å². The Morgan fingerprint density at radius 3 is 2.81 bits per heavy atom. The van der Waals surface area contributed by atoms with Gasteiger partial charge in [-0.3, -0.25) is 9.69 Å². The molecule has 1 saturated heterocycles. The van der Waals surface area contributed by atoms with E-state index in [4.69, 9.17) is 9.47 Å². The number of halogens is 1. The fourth-order valence-electron chi connectivity index (χ4n) is 3.73. The smallest absolute Gasteiger partial charge is 0.238 e. The second kappa shape index (κ2) is 8.31. The van der Waals surface area contributed by atoms with Crippen molar-refractivity contribution in [1.29, 1.82) is 0 Å². The molecule has 1 fully saturated rings. The first-order valence-corrected chi connectivity index (χ1v) is 10.2. The number of anilines is 1. The molecule has 4 rings (SSSR count). The lowest BCUT2D eigenvalue weighted by Crippen LogP contribution is -2.32. The van der Waals surface area contributed by atoms with E-state index >= 15 is 0 Å². The molecule has 0 spiro atoms. The molecule has 5 nitrogen and oxygen atoms in total. The summed E-state index contributed by atoms with van der Waals surface area (Å²) in [6, 6.07) is 14.1. The number of hydrogen-bond donors (Lipinski definition) is 1. The maximum absolute atomic E-state index is 12.5. The molecule has 0 radical (unpaired) electrons. The van der Waals surface area contributed by atoms with Gasteiger partial charge in [0.05, 0.1) is 19.8 Å². The Hall–Kier alpha value is -2.05. The van der Waals surface area contributed by atoms with E-state index in [0.717, 1.165) is 47.5 Å². The number of rotatable bonds is 4. The highest BCUT2D eigenvalue weighted by molar-refractivity contribution is 9.10. The van der Waals surface area contributed by atoms with Crippen LogP contribution in [0.25, 0.3) is 0 Å². The highest BCUT2D eigenvalue weighted by Gasteiger charge is 2.28. The van der Waals surface area contributed by atoms with Gasteiger partial charge in [-0.1, -0.05) is 28.1 Å². The molecular formula is C21H23BrN2O3. The molecule has 0 aliphatic carbocycles. The summed E-state index contributed by atoms with van der Waals surface area (Å²) in [7, 11) is 0. The predicted molar refractivity (Wildman–Crippen MR) is 108 cm³/mol. The van der Waals surface area contributed by atoms with Crippen LogP contribution in [-0.4, -0.2) is 37.1 Å². The Morgan fingerprint density at radius 2 is 1.96 bits per heavy atom. The van der Waals surface area contributed by atoms with Crippen molar-refractivity contribution in [3.05, 3.63) is 52.5 Å². The lowest BCUT2D eigenvalue weighted by molar-refractivity contribution is -0.117. The molecule has 2 aromatic rings. The number of amides is 1. The largest absolute Gasteiger partial charge is 0.490 e. The molecule has 2 aromatic carbocycles. The van der Waals surface area contributed by atoms with Gasteiger partial charge in [0.15, 0.2) is 11.5 Å². The zero-order valence-corrected chi connectivity index (χ0v) is 16.7. The first-order chi connectivity index (χ1) is 13.2. The van der Waals surface area contributed by atoms with Crippen molar-refractivity contribution >= 4 is 27.5 Å². The van der Waals surface area contributed by atoms with Crippen molar-refractivity contribution in [3.63, 3.8) is 0 Å². The molecule has 27 heavy (non-hydrogen) atoms. The number of ether oxygens (including phenoxy) is 2. The number of benzene rings is 2. The highest BCUT2D eigenvalue weighted by Crippen LogP contribution is 2.37. The summed E-state index contributed by atoms with van der Waals surface area (Å²) >= 11 is 3.43. The second-order valence-corrected chi connectivity index (χ2v) is 7.86. The maximum atomic E-state index is 12.5. The normalized spacial score (nSPS) is 19.5. The molecule has 0 aromatic heterocycles. The highest BCUT2D eigenvalue weighted by atomic mass is 79.9. The van der Waals surface area contributed by atoms with Gasteiger partial charge in [0.2, 0.25) is 5.91 Å². The minimum Gasteiger partial charge on any atom is -0.490 e. The van der Waals surface area contributed by atoms with Crippen LogP contribution in [0.4, 0.5) is 5.69 Å². The van der Waals surface area contributed by atoms with Crippen molar-refractivity contribution in [2.75, 3.05) is 31.6 Å². The van der Waals surface area contributed by atoms with Crippen LogP contribution in [0.5, 0.6) is 11.5 Å². The van der Waals surface area contributed by atoms with Gasteiger partial charge in [0.1, 0.15) is 0 Å². The number of nitrogens with one attached hydrogen (secondary N) is 1. The van der Waals surface area contributed by atoms with Crippen LogP contribution in [0.1, 0.15) is 30.9 Å². The topological polar surface area (TPSA) is 50.8 Å². The van der Waals surface area contributed by atoms with Crippen molar-refractivity contribution in [3.8, 4) is 11.5 Å². The van der Waals surface area contributed by atoms with Gasteiger partial charge >= 0.3 is 0 Å². The molecule has 0 unspecified atom stereocenters. The Labute approximate surface area is 167 Å². The molecule has 142 valence electrons. The van der Waals surface area contributed by atoms with Crippen molar-refractivity contribution in [2.45, 2.75) is 25.3 Å². The summed E-state index contributed by atoms with van der Waals surface area (Å²) in [5, 5.41) is 2.98. The van der Waals surface area contributed by atoms with Gasteiger partial charge in [-0.2, -0.15) is 0 Å². The Kier molecular flexibility index (Phi) is 5.64. The Balaban J connectivity index is 1.44. The van der Waals surface area contributed by atoms with Crippen LogP contribution in [0.2, 0.25) is 0 Å². The lowest BCUT2D eigenvalue weighted by atomic mass is 10.0. The maximum Gasteiger partial charge on any atom is 0.238 e. The molecule has 1 N–H and O–H groups in total. The first kappa shape index (κ1) is 18.3. The molecule has 1 amide bonds. The molecule has 6 heteroatoms. The number of carbonyl (C=O) groups excluding carboxylic acids is 1.